The van der Waals surface area contributed by atoms with Crippen LogP contribution < -0.4 is 0 Å². The third-order valence-corrected chi connectivity index (χ3v) is 5.46. The van der Waals surface area contributed by atoms with Crippen molar-refractivity contribution >= 4 is 11.8 Å². The van der Waals surface area contributed by atoms with Gasteiger partial charge in [0.2, 0.25) is 0 Å². The van der Waals surface area contributed by atoms with Gasteiger partial charge in [-0.2, -0.15) is 0 Å². The molecule has 0 radical (unpaired) electrons. The molecule has 122 valence electrons. The summed E-state index contributed by atoms with van der Waals surface area (Å²) in [5.41, 5.74) is 5.12. The van der Waals surface area contributed by atoms with Crippen molar-refractivity contribution in [2.24, 2.45) is 0 Å². The van der Waals surface area contributed by atoms with E-state index in [4.69, 9.17) is 0 Å². The van der Waals surface area contributed by atoms with Crippen LogP contribution in [0.3, 0.4) is 0 Å². The second-order valence-corrected chi connectivity index (χ2v) is 7.45. The molecule has 0 saturated heterocycles. The van der Waals surface area contributed by atoms with Crippen LogP contribution in [0, 0.1) is 13.8 Å². The van der Waals surface area contributed by atoms with E-state index in [0.717, 1.165) is 16.7 Å². The molecule has 0 spiro atoms. The summed E-state index contributed by atoms with van der Waals surface area (Å²) in [4.78, 5) is 0. The lowest BCUT2D eigenvalue weighted by Gasteiger charge is -2.11. The van der Waals surface area contributed by atoms with Gasteiger partial charge in [-0.1, -0.05) is 48.2 Å². The molecule has 4 rings (SSSR count). The molecule has 24 heavy (non-hydrogen) atoms. The predicted molar refractivity (Wildman–Crippen MR) is 98.8 cm³/mol. The third kappa shape index (κ3) is 3.11. The maximum Gasteiger partial charge on any atom is 0.196 e. The molecule has 1 fully saturated rings. The topological polar surface area (TPSA) is 30.7 Å². The molecule has 1 heterocycles. The summed E-state index contributed by atoms with van der Waals surface area (Å²) in [5.74, 6) is 2.61. The molecule has 2 aromatic carbocycles. The lowest BCUT2D eigenvalue weighted by molar-refractivity contribution is 0.828. The smallest absolute Gasteiger partial charge is 0.196 e. The van der Waals surface area contributed by atoms with E-state index >= 15 is 0 Å². The van der Waals surface area contributed by atoms with E-state index in [0.29, 0.717) is 5.92 Å². The highest BCUT2D eigenvalue weighted by Gasteiger charge is 2.31. The SMILES string of the molecule is Cc1cccc(-n2c(SCc3ccccc3C)nnc2C2CC2)c1. The van der Waals surface area contributed by atoms with Crippen molar-refractivity contribution in [2.75, 3.05) is 0 Å². The minimum atomic E-state index is 0.575. The molecule has 0 aliphatic heterocycles. The number of aromatic nitrogens is 3. The lowest BCUT2D eigenvalue weighted by atomic mass is 10.1. The van der Waals surface area contributed by atoms with Gasteiger partial charge in [0.15, 0.2) is 5.16 Å². The molecule has 4 heteroatoms. The maximum absolute atomic E-state index is 4.51. The van der Waals surface area contributed by atoms with Crippen molar-refractivity contribution in [3.05, 3.63) is 71.0 Å². The Bertz CT molecular complexity index is 865. The molecule has 0 unspecified atom stereocenters. The lowest BCUT2D eigenvalue weighted by Crippen LogP contribution is -2.02. The second kappa shape index (κ2) is 6.44. The number of thioether (sulfide) groups is 1. The van der Waals surface area contributed by atoms with Gasteiger partial charge in [0.1, 0.15) is 5.82 Å². The van der Waals surface area contributed by atoms with Crippen LogP contribution in [0.1, 0.15) is 41.3 Å². The summed E-state index contributed by atoms with van der Waals surface area (Å²) < 4.78 is 2.26. The first kappa shape index (κ1) is 15.5. The van der Waals surface area contributed by atoms with Gasteiger partial charge in [0.25, 0.3) is 0 Å². The fourth-order valence-corrected chi connectivity index (χ4v) is 3.94. The van der Waals surface area contributed by atoms with Gasteiger partial charge >= 0.3 is 0 Å². The Morgan fingerprint density at radius 2 is 1.88 bits per heavy atom. The zero-order chi connectivity index (χ0) is 16.5. The first-order valence-electron chi connectivity index (χ1n) is 8.42. The van der Waals surface area contributed by atoms with Gasteiger partial charge in [-0.3, -0.25) is 4.57 Å². The van der Waals surface area contributed by atoms with Crippen molar-refractivity contribution in [3.63, 3.8) is 0 Å². The zero-order valence-corrected chi connectivity index (χ0v) is 14.9. The van der Waals surface area contributed by atoms with E-state index in [2.05, 4.69) is 77.1 Å². The highest BCUT2D eigenvalue weighted by atomic mass is 32.2. The second-order valence-electron chi connectivity index (χ2n) is 6.50. The van der Waals surface area contributed by atoms with Crippen LogP contribution >= 0.6 is 11.8 Å². The largest absolute Gasteiger partial charge is 0.274 e. The van der Waals surface area contributed by atoms with Crippen molar-refractivity contribution in [1.29, 1.82) is 0 Å². The monoisotopic (exact) mass is 335 g/mol. The minimum Gasteiger partial charge on any atom is -0.274 e. The van der Waals surface area contributed by atoms with Crippen LogP contribution in [-0.4, -0.2) is 14.8 Å². The third-order valence-electron chi connectivity index (χ3n) is 4.48. The highest BCUT2D eigenvalue weighted by molar-refractivity contribution is 7.98. The number of hydrogen-bond acceptors (Lipinski definition) is 3. The number of nitrogens with zero attached hydrogens (tertiary/aromatic N) is 3. The van der Waals surface area contributed by atoms with E-state index in [1.54, 1.807) is 11.8 Å². The Balaban J connectivity index is 1.67. The van der Waals surface area contributed by atoms with Crippen molar-refractivity contribution in [1.82, 2.24) is 14.8 Å². The Morgan fingerprint density at radius 3 is 2.62 bits per heavy atom. The minimum absolute atomic E-state index is 0.575. The van der Waals surface area contributed by atoms with Crippen molar-refractivity contribution in [2.45, 2.75) is 43.5 Å². The molecule has 0 amide bonds. The molecule has 0 N–H and O–H groups in total. The summed E-state index contributed by atoms with van der Waals surface area (Å²) in [6, 6.07) is 17.1. The Morgan fingerprint density at radius 1 is 1.04 bits per heavy atom. The zero-order valence-electron chi connectivity index (χ0n) is 14.1. The van der Waals surface area contributed by atoms with Crippen molar-refractivity contribution < 1.29 is 0 Å². The highest BCUT2D eigenvalue weighted by Crippen LogP contribution is 2.41. The van der Waals surface area contributed by atoms with Gasteiger partial charge in [-0.25, -0.2) is 0 Å². The number of rotatable bonds is 5. The summed E-state index contributed by atoms with van der Waals surface area (Å²) >= 11 is 1.77. The molecule has 3 aromatic rings. The van der Waals surface area contributed by atoms with Crippen molar-refractivity contribution in [3.8, 4) is 5.69 Å². The van der Waals surface area contributed by atoms with E-state index in [-0.39, 0.29) is 0 Å². The van der Waals surface area contributed by atoms with Gasteiger partial charge in [0.05, 0.1) is 0 Å². The Kier molecular flexibility index (Phi) is 4.15. The molecular formula is C20H21N3S. The number of benzene rings is 2. The Hall–Kier alpha value is -2.07. The molecular weight excluding hydrogens is 314 g/mol. The van der Waals surface area contributed by atoms with Crippen LogP contribution in [0.4, 0.5) is 0 Å². The van der Waals surface area contributed by atoms with E-state index in [1.165, 1.54) is 35.2 Å². The number of hydrogen-bond donors (Lipinski definition) is 0. The van der Waals surface area contributed by atoms with E-state index < -0.39 is 0 Å². The molecule has 1 aromatic heterocycles. The summed E-state index contributed by atoms with van der Waals surface area (Å²) in [6.45, 7) is 4.29. The Labute approximate surface area is 147 Å². The molecule has 0 atom stereocenters. The average molecular weight is 335 g/mol. The van der Waals surface area contributed by atoms with Gasteiger partial charge < -0.3 is 0 Å². The quantitative estimate of drug-likeness (QED) is 0.611. The van der Waals surface area contributed by atoms with Crippen LogP contribution in [-0.2, 0) is 5.75 Å². The van der Waals surface area contributed by atoms with E-state index in [1.807, 2.05) is 0 Å². The predicted octanol–water partition coefficient (Wildman–Crippen LogP) is 5.05. The molecule has 1 aliphatic carbocycles. The van der Waals surface area contributed by atoms with Gasteiger partial charge in [-0.05, 0) is 55.5 Å². The van der Waals surface area contributed by atoms with Crippen LogP contribution in [0.2, 0.25) is 0 Å². The first-order valence-corrected chi connectivity index (χ1v) is 9.40. The van der Waals surface area contributed by atoms with Crippen LogP contribution in [0.5, 0.6) is 0 Å². The summed E-state index contributed by atoms with van der Waals surface area (Å²) in [7, 11) is 0. The maximum atomic E-state index is 4.51. The van der Waals surface area contributed by atoms with Gasteiger partial charge in [-0.15, -0.1) is 10.2 Å². The molecule has 3 nitrogen and oxygen atoms in total. The fourth-order valence-electron chi connectivity index (χ4n) is 2.90. The molecule has 0 bridgehead atoms. The van der Waals surface area contributed by atoms with Crippen LogP contribution in [0.25, 0.3) is 5.69 Å². The van der Waals surface area contributed by atoms with Gasteiger partial charge in [0, 0.05) is 17.4 Å². The van der Waals surface area contributed by atoms with E-state index in [9.17, 15) is 0 Å². The number of aryl methyl sites for hydroxylation is 2. The molecule has 1 saturated carbocycles. The standard InChI is InChI=1S/C20H21N3S/c1-14-6-5-9-18(12-14)23-19(16-10-11-16)21-22-20(23)24-13-17-8-4-3-7-15(17)2/h3-9,12,16H,10-11,13H2,1-2H3. The summed E-state index contributed by atoms with van der Waals surface area (Å²) in [6.07, 6.45) is 2.46. The summed E-state index contributed by atoms with van der Waals surface area (Å²) in [5, 5.41) is 10.0. The average Bonchev–Trinajstić information content (AvgIpc) is 3.34. The molecule has 1 aliphatic rings. The normalized spacial score (nSPS) is 14.1. The van der Waals surface area contributed by atoms with Crippen LogP contribution in [0.15, 0.2) is 53.7 Å². The first-order chi connectivity index (χ1) is 11.7. The fraction of sp³-hybridized carbons (Fsp3) is 0.300.